The number of aryl methyl sites for hydroxylation is 2. The number of piperazine rings is 1. The van der Waals surface area contributed by atoms with E-state index >= 15 is 0 Å². The summed E-state index contributed by atoms with van der Waals surface area (Å²) in [4.78, 5) is 17.8. The molecule has 6 atom stereocenters. The average Bonchev–Trinajstić information content (AvgIpc) is 3.06. The van der Waals surface area contributed by atoms with Crippen LogP contribution >= 0.6 is 0 Å². The fourth-order valence-electron chi connectivity index (χ4n) is 6.88. The molecule has 0 radical (unpaired) electrons. The number of nitrogens with zero attached hydrogens (tertiary/aromatic N) is 2. The average molecular weight is 439 g/mol. The minimum absolute atomic E-state index is 0.0948. The van der Waals surface area contributed by atoms with Crippen LogP contribution in [-0.4, -0.2) is 60.9 Å². The first-order valence-corrected chi connectivity index (χ1v) is 12.4. The molecule has 3 fully saturated rings. The molecule has 1 saturated carbocycles. The molecule has 0 aromatic heterocycles. The minimum Gasteiger partial charge on any atom is -0.461 e. The molecule has 2 saturated heterocycles. The first kappa shape index (κ1) is 22.0. The molecule has 0 bridgehead atoms. The van der Waals surface area contributed by atoms with Gasteiger partial charge in [-0.25, -0.2) is 0 Å². The Labute approximate surface area is 192 Å². The van der Waals surface area contributed by atoms with Crippen molar-refractivity contribution in [3.63, 3.8) is 0 Å². The first-order valence-electron chi connectivity index (χ1n) is 12.4. The van der Waals surface area contributed by atoms with Crippen LogP contribution < -0.4 is 4.90 Å². The summed E-state index contributed by atoms with van der Waals surface area (Å²) in [6.45, 7) is 13.3. The Morgan fingerprint density at radius 1 is 1.19 bits per heavy atom. The quantitative estimate of drug-likeness (QED) is 0.576. The molecule has 1 aromatic carbocycles. The van der Waals surface area contributed by atoms with Crippen LogP contribution in [0.1, 0.15) is 44.2 Å². The summed E-state index contributed by atoms with van der Waals surface area (Å²) >= 11 is 0. The second kappa shape index (κ2) is 8.18. The number of fused-ring (bicyclic) bond motifs is 2. The van der Waals surface area contributed by atoms with Crippen LogP contribution in [0, 0.1) is 37.0 Å². The van der Waals surface area contributed by atoms with E-state index in [9.17, 15) is 9.90 Å². The summed E-state index contributed by atoms with van der Waals surface area (Å²) in [6.07, 6.45) is 4.59. The SMILES string of the molecule is Cc1ccc(N2CCN(C[C@@H]3C(=O)O[C@@H]4CC5=CCC[C@@H](C)[C@@]5(C)[C@H](O)[C@H]34)CC2)c(C)c1. The van der Waals surface area contributed by atoms with Gasteiger partial charge in [0.05, 0.1) is 12.0 Å². The van der Waals surface area contributed by atoms with E-state index in [4.69, 9.17) is 4.74 Å². The molecule has 5 nitrogen and oxygen atoms in total. The van der Waals surface area contributed by atoms with Crippen molar-refractivity contribution >= 4 is 11.7 Å². The maximum absolute atomic E-state index is 12.9. The highest BCUT2D eigenvalue weighted by molar-refractivity contribution is 5.76. The topological polar surface area (TPSA) is 53.0 Å². The van der Waals surface area contributed by atoms with E-state index in [1.807, 2.05) is 0 Å². The fourth-order valence-corrected chi connectivity index (χ4v) is 6.88. The van der Waals surface area contributed by atoms with Crippen LogP contribution in [0.5, 0.6) is 0 Å². The zero-order valence-corrected chi connectivity index (χ0v) is 20.0. The van der Waals surface area contributed by atoms with Crippen LogP contribution in [0.3, 0.4) is 0 Å². The summed E-state index contributed by atoms with van der Waals surface area (Å²) in [7, 11) is 0. The largest absolute Gasteiger partial charge is 0.461 e. The molecule has 32 heavy (non-hydrogen) atoms. The van der Waals surface area contributed by atoms with Gasteiger partial charge in [-0.05, 0) is 44.2 Å². The van der Waals surface area contributed by atoms with Gasteiger partial charge in [0.2, 0.25) is 0 Å². The molecule has 5 rings (SSSR count). The number of rotatable bonds is 3. The Morgan fingerprint density at radius 2 is 1.94 bits per heavy atom. The summed E-state index contributed by atoms with van der Waals surface area (Å²) in [5.41, 5.74) is 5.01. The van der Waals surface area contributed by atoms with Crippen molar-refractivity contribution in [2.45, 2.75) is 59.2 Å². The number of hydrogen-bond acceptors (Lipinski definition) is 5. The molecule has 0 unspecified atom stereocenters. The van der Waals surface area contributed by atoms with Gasteiger partial charge in [-0.3, -0.25) is 9.69 Å². The molecule has 1 N–H and O–H groups in total. The minimum atomic E-state index is -0.518. The number of anilines is 1. The van der Waals surface area contributed by atoms with Crippen LogP contribution in [0.15, 0.2) is 29.8 Å². The van der Waals surface area contributed by atoms with Crippen LogP contribution in [0.4, 0.5) is 5.69 Å². The van der Waals surface area contributed by atoms with Gasteiger partial charge in [0.1, 0.15) is 6.10 Å². The lowest BCUT2D eigenvalue weighted by Crippen LogP contribution is -2.55. The van der Waals surface area contributed by atoms with E-state index < -0.39 is 6.10 Å². The molecule has 5 heteroatoms. The number of carbonyl (C=O) groups is 1. The van der Waals surface area contributed by atoms with Crippen LogP contribution in [0.2, 0.25) is 0 Å². The van der Waals surface area contributed by atoms with Crippen molar-refractivity contribution in [1.29, 1.82) is 0 Å². The van der Waals surface area contributed by atoms with Gasteiger partial charge < -0.3 is 14.7 Å². The standard InChI is InChI=1S/C27H38N2O3/c1-17-8-9-22(18(2)14-17)29-12-10-28(11-13-29)16-21-24-23(32-26(21)31)15-20-7-5-6-19(3)27(20,4)25(24)30/h7-9,14,19,21,23-25,30H,5-6,10-13,15-16H2,1-4H3/t19-,21+,23-,24-,25-,27-/m1/s1. The van der Waals surface area contributed by atoms with Crippen LogP contribution in [-0.2, 0) is 9.53 Å². The molecule has 1 aromatic rings. The molecular weight excluding hydrogens is 400 g/mol. The van der Waals surface area contributed by atoms with Gasteiger partial charge >= 0.3 is 5.97 Å². The third kappa shape index (κ3) is 3.49. The lowest BCUT2D eigenvalue weighted by atomic mass is 9.55. The second-order valence-electron chi connectivity index (χ2n) is 10.9. The van der Waals surface area contributed by atoms with E-state index in [0.717, 1.165) is 45.4 Å². The van der Waals surface area contributed by atoms with E-state index in [1.54, 1.807) is 0 Å². The Hall–Kier alpha value is -1.85. The number of allylic oxidation sites excluding steroid dienone is 1. The fraction of sp³-hybridized carbons (Fsp3) is 0.667. The molecule has 2 aliphatic heterocycles. The van der Waals surface area contributed by atoms with Gasteiger partial charge in [0, 0.05) is 56.2 Å². The summed E-state index contributed by atoms with van der Waals surface area (Å²) in [6, 6.07) is 6.66. The highest BCUT2D eigenvalue weighted by Crippen LogP contribution is 2.56. The van der Waals surface area contributed by atoms with Crippen LogP contribution in [0.25, 0.3) is 0 Å². The Morgan fingerprint density at radius 3 is 2.66 bits per heavy atom. The Balaban J connectivity index is 1.27. The van der Waals surface area contributed by atoms with Gasteiger partial charge in [-0.1, -0.05) is 43.2 Å². The molecular formula is C27H38N2O3. The molecule has 174 valence electrons. The summed E-state index contributed by atoms with van der Waals surface area (Å²) in [5, 5.41) is 11.6. The van der Waals surface area contributed by atoms with Gasteiger partial charge in [-0.2, -0.15) is 0 Å². The number of aliphatic hydroxyl groups excluding tert-OH is 1. The van der Waals surface area contributed by atoms with Crippen molar-refractivity contribution in [2.24, 2.45) is 23.2 Å². The summed E-state index contributed by atoms with van der Waals surface area (Å²) < 4.78 is 5.86. The maximum Gasteiger partial charge on any atom is 0.311 e. The van der Waals surface area contributed by atoms with E-state index in [2.05, 4.69) is 61.8 Å². The first-order chi connectivity index (χ1) is 15.3. The Bertz CT molecular complexity index is 919. The monoisotopic (exact) mass is 438 g/mol. The molecule has 2 aliphatic carbocycles. The number of benzene rings is 1. The van der Waals surface area contributed by atoms with Crippen molar-refractivity contribution in [1.82, 2.24) is 4.90 Å². The van der Waals surface area contributed by atoms with Gasteiger partial charge in [0.25, 0.3) is 0 Å². The van der Waals surface area contributed by atoms with Crippen molar-refractivity contribution in [3.05, 3.63) is 41.0 Å². The van der Waals surface area contributed by atoms with Crippen molar-refractivity contribution in [3.8, 4) is 0 Å². The highest BCUT2D eigenvalue weighted by Gasteiger charge is 2.59. The zero-order valence-electron chi connectivity index (χ0n) is 20.0. The predicted octanol–water partition coefficient (Wildman–Crippen LogP) is 3.71. The normalized spacial score (nSPS) is 37.5. The van der Waals surface area contributed by atoms with Crippen molar-refractivity contribution < 1.29 is 14.6 Å². The summed E-state index contributed by atoms with van der Waals surface area (Å²) in [5.74, 6) is 0.000175. The van der Waals surface area contributed by atoms with Gasteiger partial charge in [0.15, 0.2) is 0 Å². The lowest BCUT2D eigenvalue weighted by Gasteiger charge is -2.52. The lowest BCUT2D eigenvalue weighted by molar-refractivity contribution is -0.145. The molecule has 4 aliphatic rings. The van der Waals surface area contributed by atoms with E-state index in [1.165, 1.54) is 22.4 Å². The molecule has 2 heterocycles. The number of esters is 1. The van der Waals surface area contributed by atoms with E-state index in [0.29, 0.717) is 12.5 Å². The molecule has 0 amide bonds. The third-order valence-corrected chi connectivity index (χ3v) is 9.09. The predicted molar refractivity (Wildman–Crippen MR) is 127 cm³/mol. The second-order valence-corrected chi connectivity index (χ2v) is 10.9. The number of carbonyl (C=O) groups excluding carboxylic acids is 1. The van der Waals surface area contributed by atoms with Crippen molar-refractivity contribution in [2.75, 3.05) is 37.6 Å². The van der Waals surface area contributed by atoms with Gasteiger partial charge in [-0.15, -0.1) is 0 Å². The number of aliphatic hydroxyl groups is 1. The smallest absolute Gasteiger partial charge is 0.311 e. The maximum atomic E-state index is 12.9. The highest BCUT2D eigenvalue weighted by atomic mass is 16.6. The third-order valence-electron chi connectivity index (χ3n) is 9.09. The number of ether oxygens (including phenoxy) is 1. The molecule has 0 spiro atoms. The van der Waals surface area contributed by atoms with E-state index in [-0.39, 0.29) is 29.3 Å². The zero-order chi connectivity index (χ0) is 22.6. The Kier molecular flexibility index (Phi) is 5.61. The number of hydrogen-bond donors (Lipinski definition) is 1.